The zero-order valence-electron chi connectivity index (χ0n) is 12.4. The Morgan fingerprint density at radius 3 is 3.14 bits per heavy atom. The van der Waals surface area contributed by atoms with Crippen LogP contribution in [0.25, 0.3) is 0 Å². The summed E-state index contributed by atoms with van der Waals surface area (Å²) in [5.74, 6) is 0.858. The van der Waals surface area contributed by atoms with Gasteiger partial charge < -0.3 is 14.2 Å². The number of nitrogens with zero attached hydrogens (tertiary/aromatic N) is 2. The molecule has 5 nitrogen and oxygen atoms in total. The molecule has 3 rings (SSSR count). The molecule has 21 heavy (non-hydrogen) atoms. The normalized spacial score (nSPS) is 26.9. The minimum Gasteiger partial charge on any atom is -0.487 e. The molecule has 0 aromatic carbocycles. The highest BCUT2D eigenvalue weighted by molar-refractivity contribution is 5.16. The van der Waals surface area contributed by atoms with Crippen molar-refractivity contribution >= 4 is 0 Å². The van der Waals surface area contributed by atoms with Crippen LogP contribution in [0.2, 0.25) is 0 Å². The summed E-state index contributed by atoms with van der Waals surface area (Å²) >= 11 is 0. The summed E-state index contributed by atoms with van der Waals surface area (Å²) in [6.45, 7) is 4.57. The molecule has 3 heterocycles. The highest BCUT2D eigenvalue weighted by Crippen LogP contribution is 2.17. The lowest BCUT2D eigenvalue weighted by atomic mass is 10.2. The molecular weight excluding hydrogens is 268 g/mol. The van der Waals surface area contributed by atoms with Crippen LogP contribution in [0.3, 0.4) is 0 Å². The molecule has 0 spiro atoms. The van der Waals surface area contributed by atoms with Gasteiger partial charge in [0.15, 0.2) is 6.29 Å². The van der Waals surface area contributed by atoms with Crippen molar-refractivity contribution in [1.29, 1.82) is 0 Å². The van der Waals surface area contributed by atoms with E-state index >= 15 is 0 Å². The third kappa shape index (κ3) is 4.66. The van der Waals surface area contributed by atoms with Crippen LogP contribution in [-0.4, -0.2) is 55.1 Å². The third-order valence-electron chi connectivity index (χ3n) is 4.02. The highest BCUT2D eigenvalue weighted by atomic mass is 16.7. The first kappa shape index (κ1) is 14.8. The minimum atomic E-state index is 0.0174. The Balaban J connectivity index is 1.33. The zero-order chi connectivity index (χ0) is 14.3. The number of hydrogen-bond donors (Lipinski definition) is 0. The minimum absolute atomic E-state index is 0.0174. The van der Waals surface area contributed by atoms with Gasteiger partial charge in [0.05, 0.1) is 12.8 Å². The molecule has 116 valence electrons. The van der Waals surface area contributed by atoms with Crippen LogP contribution in [0, 0.1) is 0 Å². The van der Waals surface area contributed by atoms with Crippen LogP contribution in [0.1, 0.15) is 25.7 Å². The summed E-state index contributed by atoms with van der Waals surface area (Å²) in [6, 6.07) is 3.86. The second-order valence-corrected chi connectivity index (χ2v) is 5.68. The van der Waals surface area contributed by atoms with Gasteiger partial charge in [-0.1, -0.05) is 0 Å². The first-order chi connectivity index (χ1) is 10.4. The lowest BCUT2D eigenvalue weighted by molar-refractivity contribution is -0.163. The zero-order valence-corrected chi connectivity index (χ0v) is 12.4. The quantitative estimate of drug-likeness (QED) is 0.803. The smallest absolute Gasteiger partial charge is 0.157 e. The molecule has 0 bridgehead atoms. The van der Waals surface area contributed by atoms with Gasteiger partial charge in [-0.2, -0.15) is 0 Å². The summed E-state index contributed by atoms with van der Waals surface area (Å²) in [7, 11) is 0. The van der Waals surface area contributed by atoms with E-state index in [-0.39, 0.29) is 12.4 Å². The van der Waals surface area contributed by atoms with Crippen molar-refractivity contribution in [2.24, 2.45) is 0 Å². The standard InChI is InChI=1S/C16H24N2O3/c1-2-10-19-16(5-1)20-11-9-18-8-6-15(13-18)21-14-4-3-7-17-12-14/h3-4,7,12,15-16H,1-2,5-6,8-11,13H2. The van der Waals surface area contributed by atoms with Crippen molar-refractivity contribution in [2.45, 2.75) is 38.1 Å². The number of rotatable bonds is 6. The van der Waals surface area contributed by atoms with Crippen LogP contribution in [-0.2, 0) is 9.47 Å². The molecule has 0 aliphatic carbocycles. The van der Waals surface area contributed by atoms with E-state index in [2.05, 4.69) is 9.88 Å². The number of hydrogen-bond acceptors (Lipinski definition) is 5. The Kier molecular flexibility index (Phi) is 5.43. The van der Waals surface area contributed by atoms with E-state index in [1.165, 1.54) is 12.8 Å². The largest absolute Gasteiger partial charge is 0.487 e. The van der Waals surface area contributed by atoms with Gasteiger partial charge in [0, 0.05) is 32.4 Å². The maximum atomic E-state index is 5.93. The van der Waals surface area contributed by atoms with Gasteiger partial charge in [-0.3, -0.25) is 9.88 Å². The summed E-state index contributed by atoms with van der Waals surface area (Å²) in [5, 5.41) is 0. The molecule has 0 N–H and O–H groups in total. The molecule has 5 heteroatoms. The lowest BCUT2D eigenvalue weighted by Gasteiger charge is -2.24. The average Bonchev–Trinajstić information content (AvgIpc) is 2.97. The maximum Gasteiger partial charge on any atom is 0.157 e. The van der Waals surface area contributed by atoms with Crippen molar-refractivity contribution in [3.05, 3.63) is 24.5 Å². The fourth-order valence-electron chi connectivity index (χ4n) is 2.86. The Labute approximate surface area is 126 Å². The Morgan fingerprint density at radius 1 is 1.33 bits per heavy atom. The van der Waals surface area contributed by atoms with Gasteiger partial charge in [-0.15, -0.1) is 0 Å². The number of likely N-dealkylation sites (tertiary alicyclic amines) is 1. The van der Waals surface area contributed by atoms with Crippen molar-refractivity contribution in [3.63, 3.8) is 0 Å². The first-order valence-electron chi connectivity index (χ1n) is 7.92. The molecule has 2 fully saturated rings. The monoisotopic (exact) mass is 292 g/mol. The van der Waals surface area contributed by atoms with Gasteiger partial charge in [-0.05, 0) is 37.8 Å². The van der Waals surface area contributed by atoms with Crippen LogP contribution in [0.15, 0.2) is 24.5 Å². The summed E-state index contributed by atoms with van der Waals surface area (Å²) in [5.41, 5.74) is 0. The summed E-state index contributed by atoms with van der Waals surface area (Å²) in [6.07, 6.45) is 8.30. The molecule has 0 radical (unpaired) electrons. The van der Waals surface area contributed by atoms with Gasteiger partial charge in [0.1, 0.15) is 11.9 Å². The summed E-state index contributed by atoms with van der Waals surface area (Å²) < 4.78 is 17.3. The highest BCUT2D eigenvalue weighted by Gasteiger charge is 2.24. The molecule has 2 unspecified atom stereocenters. The second-order valence-electron chi connectivity index (χ2n) is 5.68. The van der Waals surface area contributed by atoms with Crippen molar-refractivity contribution < 1.29 is 14.2 Å². The summed E-state index contributed by atoms with van der Waals surface area (Å²) in [4.78, 5) is 6.47. The van der Waals surface area contributed by atoms with E-state index in [1.54, 1.807) is 12.4 Å². The van der Waals surface area contributed by atoms with Gasteiger partial charge in [-0.25, -0.2) is 0 Å². The molecule has 1 aromatic heterocycles. The molecule has 2 aliphatic rings. The van der Waals surface area contributed by atoms with Crippen LogP contribution < -0.4 is 4.74 Å². The molecule has 2 atom stereocenters. The third-order valence-corrected chi connectivity index (χ3v) is 4.02. The van der Waals surface area contributed by atoms with Gasteiger partial charge in [0.2, 0.25) is 0 Å². The van der Waals surface area contributed by atoms with E-state index in [1.807, 2.05) is 12.1 Å². The van der Waals surface area contributed by atoms with Crippen LogP contribution in [0.5, 0.6) is 5.75 Å². The van der Waals surface area contributed by atoms with Crippen LogP contribution >= 0.6 is 0 Å². The first-order valence-corrected chi connectivity index (χ1v) is 7.92. The Hall–Kier alpha value is -1.17. The molecular formula is C16H24N2O3. The van der Waals surface area contributed by atoms with Crippen molar-refractivity contribution in [3.8, 4) is 5.75 Å². The van der Waals surface area contributed by atoms with Gasteiger partial charge in [0.25, 0.3) is 0 Å². The second kappa shape index (κ2) is 7.73. The SMILES string of the molecule is c1cncc(OC2CCN(CCOC3CCCCO3)C2)c1. The fraction of sp³-hybridized carbons (Fsp3) is 0.688. The predicted molar refractivity (Wildman–Crippen MR) is 79.3 cm³/mol. The molecule has 1 aromatic rings. The molecule has 2 aliphatic heterocycles. The lowest BCUT2D eigenvalue weighted by Crippen LogP contribution is -2.30. The van der Waals surface area contributed by atoms with Crippen LogP contribution in [0.4, 0.5) is 0 Å². The average molecular weight is 292 g/mol. The van der Waals surface area contributed by atoms with Crippen molar-refractivity contribution in [1.82, 2.24) is 9.88 Å². The molecule has 2 saturated heterocycles. The topological polar surface area (TPSA) is 43.8 Å². The molecule has 0 saturated carbocycles. The molecule has 0 amide bonds. The van der Waals surface area contributed by atoms with E-state index in [0.29, 0.717) is 0 Å². The Morgan fingerprint density at radius 2 is 2.33 bits per heavy atom. The van der Waals surface area contributed by atoms with E-state index in [9.17, 15) is 0 Å². The van der Waals surface area contributed by atoms with E-state index in [4.69, 9.17) is 14.2 Å². The number of pyridine rings is 1. The number of ether oxygens (including phenoxy) is 3. The van der Waals surface area contributed by atoms with Crippen molar-refractivity contribution in [2.75, 3.05) is 32.8 Å². The van der Waals surface area contributed by atoms with E-state index in [0.717, 1.165) is 51.4 Å². The van der Waals surface area contributed by atoms with E-state index < -0.39 is 0 Å². The number of aromatic nitrogens is 1. The predicted octanol–water partition coefficient (Wildman–Crippen LogP) is 2.08. The maximum absolute atomic E-state index is 5.93. The van der Waals surface area contributed by atoms with Gasteiger partial charge >= 0.3 is 0 Å². The fourth-order valence-corrected chi connectivity index (χ4v) is 2.86. The Bertz CT molecular complexity index is 409.